The van der Waals surface area contributed by atoms with Crippen LogP contribution < -0.4 is 4.72 Å². The van der Waals surface area contributed by atoms with E-state index in [1.807, 2.05) is 13.8 Å². The van der Waals surface area contributed by atoms with Crippen molar-refractivity contribution in [2.75, 3.05) is 0 Å². The topological polar surface area (TPSA) is 46.2 Å². The van der Waals surface area contributed by atoms with Gasteiger partial charge in [-0.3, -0.25) is 0 Å². The zero-order valence-corrected chi connectivity index (χ0v) is 11.7. The lowest BCUT2D eigenvalue weighted by Gasteiger charge is -2.26. The van der Waals surface area contributed by atoms with Gasteiger partial charge in [0.05, 0.1) is 5.92 Å². The normalized spacial score (nSPS) is 16.3. The molecule has 0 aromatic rings. The van der Waals surface area contributed by atoms with Crippen LogP contribution in [0.3, 0.4) is 0 Å². The van der Waals surface area contributed by atoms with Crippen LogP contribution in [0.25, 0.3) is 0 Å². The number of hydrogen-bond donors (Lipinski definition) is 1. The molecule has 0 amide bonds. The molecule has 19 heavy (non-hydrogen) atoms. The first-order valence-electron chi connectivity index (χ1n) is 5.48. The van der Waals surface area contributed by atoms with Crippen molar-refractivity contribution < 1.29 is 34.8 Å². The number of halogens is 6. The Bertz CT molecular complexity index is 349. The van der Waals surface area contributed by atoms with Crippen molar-refractivity contribution in [3.8, 4) is 0 Å². The van der Waals surface area contributed by atoms with Gasteiger partial charge in [0.15, 0.2) is 0 Å². The summed E-state index contributed by atoms with van der Waals surface area (Å²) in [5, 5.41) is 0. The van der Waals surface area contributed by atoms with Crippen LogP contribution >= 0.6 is 0 Å². The summed E-state index contributed by atoms with van der Waals surface area (Å²) < 4.78 is 95.0. The fourth-order valence-corrected chi connectivity index (χ4v) is 2.05. The SMILES string of the molecule is CC.CCC(C(C)NS(=O)(=O)C(F)(F)F)C(F)(F)F. The van der Waals surface area contributed by atoms with Crippen molar-refractivity contribution in [2.24, 2.45) is 5.92 Å². The summed E-state index contributed by atoms with van der Waals surface area (Å²) in [7, 11) is -5.76. The number of sulfonamides is 1. The number of hydrogen-bond acceptors (Lipinski definition) is 2. The Kier molecular flexibility index (Phi) is 8.01. The lowest BCUT2D eigenvalue weighted by Crippen LogP contribution is -2.48. The third kappa shape index (κ3) is 6.46. The van der Waals surface area contributed by atoms with Crippen LogP contribution in [-0.2, 0) is 10.0 Å². The summed E-state index contributed by atoms with van der Waals surface area (Å²) in [5.74, 6) is -2.17. The highest BCUT2D eigenvalue weighted by Gasteiger charge is 2.49. The van der Waals surface area contributed by atoms with Gasteiger partial charge in [-0.1, -0.05) is 20.8 Å². The van der Waals surface area contributed by atoms with Gasteiger partial charge in [-0.15, -0.1) is 0 Å². The summed E-state index contributed by atoms with van der Waals surface area (Å²) in [5.41, 5.74) is -5.62. The molecule has 0 spiro atoms. The lowest BCUT2D eigenvalue weighted by molar-refractivity contribution is -0.180. The van der Waals surface area contributed by atoms with E-state index in [1.165, 1.54) is 0 Å². The minimum absolute atomic E-state index is 0.523. The van der Waals surface area contributed by atoms with E-state index in [0.29, 0.717) is 0 Å². The van der Waals surface area contributed by atoms with Crippen molar-refractivity contribution in [1.29, 1.82) is 0 Å². The molecule has 0 aromatic carbocycles. The molecular formula is C9H17F6NO2S. The smallest absolute Gasteiger partial charge is 0.204 e. The Hall–Kier alpha value is -0.510. The summed E-state index contributed by atoms with van der Waals surface area (Å²) in [4.78, 5) is 0. The van der Waals surface area contributed by atoms with Crippen LogP contribution in [0, 0.1) is 5.92 Å². The van der Waals surface area contributed by atoms with Crippen molar-refractivity contribution in [3.63, 3.8) is 0 Å². The summed E-state index contributed by atoms with van der Waals surface area (Å²) in [6.45, 7) is 5.85. The number of nitrogens with one attached hydrogen (secondary N) is 1. The Morgan fingerprint density at radius 2 is 1.42 bits per heavy atom. The van der Waals surface area contributed by atoms with E-state index in [2.05, 4.69) is 0 Å². The van der Waals surface area contributed by atoms with Gasteiger partial charge in [-0.05, 0) is 13.3 Å². The molecule has 0 aliphatic carbocycles. The van der Waals surface area contributed by atoms with Gasteiger partial charge in [0.25, 0.3) is 0 Å². The Labute approximate surface area is 108 Å². The molecule has 0 aliphatic rings. The van der Waals surface area contributed by atoms with Crippen LogP contribution in [-0.4, -0.2) is 26.1 Å². The second kappa shape index (κ2) is 7.32. The predicted molar refractivity (Wildman–Crippen MR) is 58.8 cm³/mol. The fourth-order valence-electron chi connectivity index (χ4n) is 1.26. The average molecular weight is 317 g/mol. The maximum absolute atomic E-state index is 12.3. The molecule has 0 saturated heterocycles. The molecule has 0 aliphatic heterocycles. The first-order valence-corrected chi connectivity index (χ1v) is 6.96. The van der Waals surface area contributed by atoms with Gasteiger partial charge in [-0.2, -0.15) is 26.3 Å². The Balaban J connectivity index is 0. The maximum Gasteiger partial charge on any atom is 0.511 e. The van der Waals surface area contributed by atoms with Crippen LogP contribution in [0.5, 0.6) is 0 Å². The monoisotopic (exact) mass is 317 g/mol. The van der Waals surface area contributed by atoms with Crippen LogP contribution in [0.15, 0.2) is 0 Å². The molecule has 0 fully saturated rings. The molecule has 10 heteroatoms. The number of alkyl halides is 6. The molecule has 118 valence electrons. The van der Waals surface area contributed by atoms with Crippen molar-refractivity contribution in [2.45, 2.75) is 51.8 Å². The van der Waals surface area contributed by atoms with Gasteiger partial charge < -0.3 is 0 Å². The second-order valence-electron chi connectivity index (χ2n) is 3.41. The summed E-state index contributed by atoms with van der Waals surface area (Å²) in [6, 6.07) is -1.88. The first kappa shape index (κ1) is 20.8. The fraction of sp³-hybridized carbons (Fsp3) is 1.00. The molecule has 0 saturated carbocycles. The molecule has 0 aromatic heterocycles. The molecule has 0 bridgehead atoms. The molecule has 1 N–H and O–H groups in total. The highest BCUT2D eigenvalue weighted by atomic mass is 32.2. The van der Waals surface area contributed by atoms with E-state index in [0.717, 1.165) is 18.6 Å². The van der Waals surface area contributed by atoms with E-state index >= 15 is 0 Å². The highest BCUT2D eigenvalue weighted by Crippen LogP contribution is 2.32. The number of rotatable bonds is 4. The van der Waals surface area contributed by atoms with Crippen molar-refractivity contribution in [3.05, 3.63) is 0 Å². The molecule has 2 atom stereocenters. The Morgan fingerprint density at radius 1 is 1.05 bits per heavy atom. The summed E-state index contributed by atoms with van der Waals surface area (Å²) in [6.07, 6.45) is -5.28. The van der Waals surface area contributed by atoms with Crippen LogP contribution in [0.4, 0.5) is 26.3 Å². The van der Waals surface area contributed by atoms with Crippen LogP contribution in [0.1, 0.15) is 34.1 Å². The third-order valence-electron chi connectivity index (χ3n) is 2.11. The lowest BCUT2D eigenvalue weighted by atomic mass is 9.99. The highest BCUT2D eigenvalue weighted by molar-refractivity contribution is 7.90. The maximum atomic E-state index is 12.3. The minimum Gasteiger partial charge on any atom is -0.204 e. The van der Waals surface area contributed by atoms with E-state index < -0.39 is 40.1 Å². The average Bonchev–Trinajstić information content (AvgIpc) is 2.16. The standard InChI is InChI=1S/C7H11F6NO2S.C2H6/c1-3-5(6(8,9)10)4(2)14-17(15,16)7(11,12)13;1-2/h4-5,14H,3H2,1-2H3;1-2H3. The van der Waals surface area contributed by atoms with Crippen molar-refractivity contribution in [1.82, 2.24) is 4.72 Å². The van der Waals surface area contributed by atoms with E-state index in [-0.39, 0.29) is 0 Å². The molecule has 0 heterocycles. The predicted octanol–water partition coefficient (Wildman–Crippen LogP) is 3.43. The van der Waals surface area contributed by atoms with Crippen LogP contribution in [0.2, 0.25) is 0 Å². The van der Waals surface area contributed by atoms with Gasteiger partial charge >= 0.3 is 21.7 Å². The molecule has 0 radical (unpaired) electrons. The second-order valence-corrected chi connectivity index (χ2v) is 5.12. The summed E-state index contributed by atoms with van der Waals surface area (Å²) >= 11 is 0. The molecular weight excluding hydrogens is 300 g/mol. The molecule has 0 rings (SSSR count). The molecule has 2 unspecified atom stereocenters. The first-order chi connectivity index (χ1) is 8.33. The van der Waals surface area contributed by atoms with Gasteiger partial charge in [0, 0.05) is 6.04 Å². The third-order valence-corrected chi connectivity index (χ3v) is 3.40. The molecule has 3 nitrogen and oxygen atoms in total. The van der Waals surface area contributed by atoms with E-state index in [1.54, 1.807) is 0 Å². The largest absolute Gasteiger partial charge is 0.511 e. The zero-order chi connectivity index (χ0) is 16.1. The quantitative estimate of drug-likeness (QED) is 0.808. The van der Waals surface area contributed by atoms with Gasteiger partial charge in [-0.25, -0.2) is 13.1 Å². The van der Waals surface area contributed by atoms with Gasteiger partial charge in [0.1, 0.15) is 0 Å². The Morgan fingerprint density at radius 3 is 1.63 bits per heavy atom. The van der Waals surface area contributed by atoms with E-state index in [4.69, 9.17) is 0 Å². The van der Waals surface area contributed by atoms with Gasteiger partial charge in [0.2, 0.25) is 0 Å². The van der Waals surface area contributed by atoms with E-state index in [9.17, 15) is 34.8 Å². The zero-order valence-electron chi connectivity index (χ0n) is 10.9. The minimum atomic E-state index is -5.76. The van der Waals surface area contributed by atoms with Crippen molar-refractivity contribution >= 4 is 10.0 Å².